The van der Waals surface area contributed by atoms with Gasteiger partial charge in [0.1, 0.15) is 17.3 Å². The zero-order valence-electron chi connectivity index (χ0n) is 16.4. The predicted molar refractivity (Wildman–Crippen MR) is 109 cm³/mol. The van der Waals surface area contributed by atoms with E-state index in [9.17, 15) is 14.0 Å². The lowest BCUT2D eigenvalue weighted by molar-refractivity contribution is -0.117. The number of halogens is 1. The molecule has 2 aromatic rings. The topological polar surface area (TPSA) is 52.6 Å². The Morgan fingerprint density at radius 1 is 0.833 bits per heavy atom. The zero-order valence-corrected chi connectivity index (χ0v) is 16.4. The first-order valence-electron chi connectivity index (χ1n) is 10.3. The van der Waals surface area contributed by atoms with Crippen LogP contribution in [0.3, 0.4) is 0 Å². The molecule has 0 unspecified atom stereocenters. The number of Topliss-reactive ketones (excluding diaryl/α,β-unsaturated/α-hetero) is 2. The van der Waals surface area contributed by atoms with Crippen molar-refractivity contribution in [3.05, 3.63) is 82.6 Å². The minimum atomic E-state index is -0.525. The summed E-state index contributed by atoms with van der Waals surface area (Å²) in [5.74, 6) is 0.899. The standard InChI is InChI=1S/C25H21FO4/c26-17-13-12-15(14-22(17)29-16-6-2-1-3-7-16)23-24-18(27)8-4-10-20(24)30-21-11-5-9-19(28)25(21)23/h1-3,6-7,12-14,23H,4-5,8-11H2. The largest absolute Gasteiger partial charge is 0.465 e. The highest BCUT2D eigenvalue weighted by Gasteiger charge is 2.41. The van der Waals surface area contributed by atoms with E-state index in [-0.39, 0.29) is 17.3 Å². The molecule has 2 aliphatic carbocycles. The number of allylic oxidation sites excluding steroid dienone is 4. The Morgan fingerprint density at radius 3 is 2.10 bits per heavy atom. The third kappa shape index (κ3) is 3.24. The van der Waals surface area contributed by atoms with Crippen molar-refractivity contribution in [1.29, 1.82) is 0 Å². The van der Waals surface area contributed by atoms with Gasteiger partial charge in [0.25, 0.3) is 0 Å². The maximum atomic E-state index is 14.5. The molecular weight excluding hydrogens is 383 g/mol. The molecule has 0 aromatic heterocycles. The molecule has 0 radical (unpaired) electrons. The molecule has 0 N–H and O–H groups in total. The second kappa shape index (κ2) is 7.56. The van der Waals surface area contributed by atoms with Gasteiger partial charge in [-0.15, -0.1) is 0 Å². The summed E-state index contributed by atoms with van der Waals surface area (Å²) in [5, 5.41) is 0. The van der Waals surface area contributed by atoms with E-state index in [4.69, 9.17) is 9.47 Å². The van der Waals surface area contributed by atoms with Crippen LogP contribution in [0, 0.1) is 5.82 Å². The highest BCUT2D eigenvalue weighted by molar-refractivity contribution is 6.05. The maximum absolute atomic E-state index is 14.5. The highest BCUT2D eigenvalue weighted by atomic mass is 19.1. The van der Waals surface area contributed by atoms with Gasteiger partial charge in [-0.3, -0.25) is 9.59 Å². The van der Waals surface area contributed by atoms with Crippen molar-refractivity contribution < 1.29 is 23.5 Å². The van der Waals surface area contributed by atoms with Gasteiger partial charge in [0.05, 0.1) is 0 Å². The van der Waals surface area contributed by atoms with Gasteiger partial charge in [-0.25, -0.2) is 4.39 Å². The van der Waals surface area contributed by atoms with Crippen molar-refractivity contribution in [1.82, 2.24) is 0 Å². The Bertz CT molecular complexity index is 1060. The highest BCUT2D eigenvalue weighted by Crippen LogP contribution is 2.48. The van der Waals surface area contributed by atoms with Crippen LogP contribution < -0.4 is 4.74 Å². The molecule has 30 heavy (non-hydrogen) atoms. The van der Waals surface area contributed by atoms with Gasteiger partial charge in [-0.1, -0.05) is 24.3 Å². The van der Waals surface area contributed by atoms with E-state index in [1.807, 2.05) is 18.2 Å². The van der Waals surface area contributed by atoms with E-state index >= 15 is 0 Å². The van der Waals surface area contributed by atoms with Gasteiger partial charge in [0.2, 0.25) is 0 Å². The molecule has 0 atom stereocenters. The van der Waals surface area contributed by atoms with Crippen molar-refractivity contribution in [2.24, 2.45) is 0 Å². The van der Waals surface area contributed by atoms with Gasteiger partial charge >= 0.3 is 0 Å². The lowest BCUT2D eigenvalue weighted by Crippen LogP contribution is -2.30. The number of rotatable bonds is 3. The van der Waals surface area contributed by atoms with Crippen LogP contribution in [0.25, 0.3) is 0 Å². The van der Waals surface area contributed by atoms with Crippen LogP contribution in [0.5, 0.6) is 11.5 Å². The molecule has 0 saturated heterocycles. The zero-order chi connectivity index (χ0) is 20.7. The SMILES string of the molecule is O=C1CCCC2=C1C(c1ccc(F)c(Oc3ccccc3)c1)C1=C(CCCC1=O)O2. The molecule has 0 spiro atoms. The van der Waals surface area contributed by atoms with E-state index in [1.165, 1.54) is 6.07 Å². The number of carbonyl (C=O) groups excluding carboxylic acids is 2. The van der Waals surface area contributed by atoms with Crippen LogP contribution in [0.15, 0.2) is 71.2 Å². The molecular formula is C25H21FO4. The summed E-state index contributed by atoms with van der Waals surface area (Å²) in [4.78, 5) is 25.7. The lowest BCUT2D eigenvalue weighted by atomic mass is 9.73. The minimum Gasteiger partial charge on any atom is -0.465 e. The molecule has 0 bridgehead atoms. The monoisotopic (exact) mass is 404 g/mol. The van der Waals surface area contributed by atoms with E-state index in [0.717, 1.165) is 12.8 Å². The van der Waals surface area contributed by atoms with Crippen molar-refractivity contribution in [3.63, 3.8) is 0 Å². The van der Waals surface area contributed by atoms with Crippen LogP contribution in [-0.4, -0.2) is 11.6 Å². The third-order valence-electron chi connectivity index (χ3n) is 5.90. The van der Waals surface area contributed by atoms with Crippen molar-refractivity contribution in [2.75, 3.05) is 0 Å². The summed E-state index contributed by atoms with van der Waals surface area (Å²) < 4.78 is 26.3. The van der Waals surface area contributed by atoms with Gasteiger partial charge in [0.15, 0.2) is 23.1 Å². The van der Waals surface area contributed by atoms with Gasteiger partial charge in [0, 0.05) is 42.7 Å². The Balaban J connectivity index is 1.62. The van der Waals surface area contributed by atoms with Gasteiger partial charge in [-0.2, -0.15) is 0 Å². The number of ether oxygens (including phenoxy) is 2. The Morgan fingerprint density at radius 2 is 1.47 bits per heavy atom. The number of hydrogen-bond donors (Lipinski definition) is 0. The predicted octanol–water partition coefficient (Wildman–Crippen LogP) is 5.75. The summed E-state index contributed by atoms with van der Waals surface area (Å²) in [6.07, 6.45) is 3.71. The van der Waals surface area contributed by atoms with E-state index in [1.54, 1.807) is 24.3 Å². The Kier molecular flexibility index (Phi) is 4.74. The Labute approximate surface area is 174 Å². The molecule has 152 valence electrons. The molecule has 0 saturated carbocycles. The summed E-state index contributed by atoms with van der Waals surface area (Å²) in [6, 6.07) is 13.6. The van der Waals surface area contributed by atoms with Crippen LogP contribution >= 0.6 is 0 Å². The smallest absolute Gasteiger partial charge is 0.165 e. The van der Waals surface area contributed by atoms with Crippen LogP contribution in [0.4, 0.5) is 4.39 Å². The van der Waals surface area contributed by atoms with Crippen LogP contribution in [0.1, 0.15) is 50.0 Å². The molecule has 3 aliphatic rings. The minimum absolute atomic E-state index is 0.000950. The molecule has 4 nitrogen and oxygen atoms in total. The summed E-state index contributed by atoms with van der Waals surface area (Å²) in [7, 11) is 0. The fourth-order valence-corrected chi connectivity index (χ4v) is 4.54. The lowest BCUT2D eigenvalue weighted by Gasteiger charge is -2.36. The number of carbonyl (C=O) groups is 2. The van der Waals surface area contributed by atoms with E-state index < -0.39 is 11.7 Å². The average Bonchev–Trinajstić information content (AvgIpc) is 2.75. The number of para-hydroxylation sites is 1. The first-order chi connectivity index (χ1) is 14.6. The number of hydrogen-bond acceptors (Lipinski definition) is 4. The quantitative estimate of drug-likeness (QED) is 0.654. The second-order valence-electron chi connectivity index (χ2n) is 7.87. The molecule has 0 amide bonds. The maximum Gasteiger partial charge on any atom is 0.165 e. The molecule has 0 fully saturated rings. The van der Waals surface area contributed by atoms with E-state index in [2.05, 4.69) is 0 Å². The molecule has 5 heteroatoms. The molecule has 2 aromatic carbocycles. The van der Waals surface area contributed by atoms with Crippen molar-refractivity contribution in [3.8, 4) is 11.5 Å². The first kappa shape index (κ1) is 18.8. The van der Waals surface area contributed by atoms with Crippen LogP contribution in [-0.2, 0) is 14.3 Å². The molecule has 1 aliphatic heterocycles. The molecule has 1 heterocycles. The summed E-state index contributed by atoms with van der Waals surface area (Å²) in [5.41, 5.74) is 1.77. The van der Waals surface area contributed by atoms with E-state index in [0.29, 0.717) is 59.7 Å². The normalized spacial score (nSPS) is 19.4. The van der Waals surface area contributed by atoms with Gasteiger partial charge < -0.3 is 9.47 Å². The fourth-order valence-electron chi connectivity index (χ4n) is 4.54. The number of benzene rings is 2. The Hall–Kier alpha value is -3.21. The van der Waals surface area contributed by atoms with Crippen molar-refractivity contribution in [2.45, 2.75) is 44.4 Å². The van der Waals surface area contributed by atoms with Gasteiger partial charge in [-0.05, 0) is 42.7 Å². The van der Waals surface area contributed by atoms with Crippen molar-refractivity contribution >= 4 is 11.6 Å². The van der Waals surface area contributed by atoms with Crippen LogP contribution in [0.2, 0.25) is 0 Å². The second-order valence-corrected chi connectivity index (χ2v) is 7.87. The summed E-state index contributed by atoms with van der Waals surface area (Å²) in [6.45, 7) is 0. The fraction of sp³-hybridized carbons (Fsp3) is 0.280. The average molecular weight is 404 g/mol. The summed E-state index contributed by atoms with van der Waals surface area (Å²) >= 11 is 0. The third-order valence-corrected chi connectivity index (χ3v) is 5.90. The molecule has 5 rings (SSSR count). The number of ketones is 2. The first-order valence-corrected chi connectivity index (χ1v) is 10.3.